The minimum Gasteiger partial charge on any atom is -0.436 e. The molecule has 1 aliphatic rings. The maximum absolute atomic E-state index is 6.29. The summed E-state index contributed by atoms with van der Waals surface area (Å²) >= 11 is 1.78. The number of rotatable bonds is 4. The molecule has 0 N–H and O–H groups in total. The first-order chi connectivity index (χ1) is 24.0. The van der Waals surface area contributed by atoms with E-state index in [1.807, 2.05) is 48.5 Å². The molecule has 0 fully saturated rings. The van der Waals surface area contributed by atoms with Crippen molar-refractivity contribution in [1.82, 2.24) is 19.9 Å². The Labute approximate surface area is 286 Å². The highest BCUT2D eigenvalue weighted by atomic mass is 32.1. The predicted molar refractivity (Wildman–Crippen MR) is 200 cm³/mol. The van der Waals surface area contributed by atoms with E-state index in [1.54, 1.807) is 11.3 Å². The standard InChI is InChI=1S/C43H28N4OS/c1-43(2)33-22-27(20-21-28(33)32-23-35-36(24-34(32)43)48-42(44-35)26-14-7-4-8-15-26)40-45-39(25-12-5-3-6-13-25)46-41(47-40)31-18-11-17-30-29-16-9-10-19-37(29)49-38(30)31/h3-24H,1-2H3. The maximum Gasteiger partial charge on any atom is 0.227 e. The summed E-state index contributed by atoms with van der Waals surface area (Å²) in [6.07, 6.45) is 0. The number of fused-ring (bicyclic) bond motifs is 7. The van der Waals surface area contributed by atoms with Crippen molar-refractivity contribution in [2.75, 3.05) is 0 Å². The molecule has 0 atom stereocenters. The van der Waals surface area contributed by atoms with Gasteiger partial charge in [-0.25, -0.2) is 19.9 Å². The molecule has 6 heteroatoms. The van der Waals surface area contributed by atoms with E-state index in [1.165, 1.54) is 42.4 Å². The van der Waals surface area contributed by atoms with E-state index in [9.17, 15) is 0 Å². The van der Waals surface area contributed by atoms with Crippen LogP contribution in [0.15, 0.2) is 138 Å². The van der Waals surface area contributed by atoms with E-state index in [-0.39, 0.29) is 5.41 Å². The molecule has 5 nitrogen and oxygen atoms in total. The van der Waals surface area contributed by atoms with E-state index in [0.717, 1.165) is 33.4 Å². The molecule has 49 heavy (non-hydrogen) atoms. The molecule has 1 aliphatic carbocycles. The summed E-state index contributed by atoms with van der Waals surface area (Å²) in [6, 6.07) is 46.1. The second-order valence-electron chi connectivity index (χ2n) is 13.1. The zero-order valence-corrected chi connectivity index (χ0v) is 27.6. The molecule has 3 heterocycles. The van der Waals surface area contributed by atoms with Crippen LogP contribution in [0.2, 0.25) is 0 Å². The second kappa shape index (κ2) is 10.5. The summed E-state index contributed by atoms with van der Waals surface area (Å²) in [7, 11) is 0. The van der Waals surface area contributed by atoms with Gasteiger partial charge in [-0.3, -0.25) is 0 Å². The van der Waals surface area contributed by atoms with E-state index >= 15 is 0 Å². The molecule has 0 saturated carbocycles. The summed E-state index contributed by atoms with van der Waals surface area (Å²) in [5, 5.41) is 2.47. The number of hydrogen-bond donors (Lipinski definition) is 0. The topological polar surface area (TPSA) is 64.7 Å². The first-order valence-electron chi connectivity index (χ1n) is 16.4. The molecule has 232 valence electrons. The molecule has 0 amide bonds. The van der Waals surface area contributed by atoms with Gasteiger partial charge in [0.05, 0.1) is 0 Å². The van der Waals surface area contributed by atoms with E-state index in [4.69, 9.17) is 24.4 Å². The zero-order chi connectivity index (χ0) is 32.7. The Kier molecular flexibility index (Phi) is 6.02. The fourth-order valence-corrected chi connectivity index (χ4v) is 8.48. The monoisotopic (exact) mass is 648 g/mol. The number of hydrogen-bond acceptors (Lipinski definition) is 6. The van der Waals surface area contributed by atoms with Crippen molar-refractivity contribution in [3.05, 3.63) is 145 Å². The fraction of sp³-hybridized carbons (Fsp3) is 0.0698. The lowest BCUT2D eigenvalue weighted by molar-refractivity contribution is 0.614. The van der Waals surface area contributed by atoms with Crippen LogP contribution >= 0.6 is 11.3 Å². The van der Waals surface area contributed by atoms with Crippen molar-refractivity contribution in [2.45, 2.75) is 19.3 Å². The highest BCUT2D eigenvalue weighted by molar-refractivity contribution is 7.26. The van der Waals surface area contributed by atoms with Crippen LogP contribution in [0.4, 0.5) is 0 Å². The van der Waals surface area contributed by atoms with Gasteiger partial charge in [0.1, 0.15) is 5.52 Å². The largest absolute Gasteiger partial charge is 0.436 e. The molecule has 0 unspecified atom stereocenters. The van der Waals surface area contributed by atoms with Crippen LogP contribution in [0, 0.1) is 0 Å². The molecule has 0 bridgehead atoms. The Morgan fingerprint density at radius 3 is 2.00 bits per heavy atom. The summed E-state index contributed by atoms with van der Waals surface area (Å²) in [5.41, 5.74) is 10.1. The van der Waals surface area contributed by atoms with Crippen molar-refractivity contribution in [3.63, 3.8) is 0 Å². The SMILES string of the molecule is CC1(C)c2cc(-c3nc(-c4ccccc4)nc(-c4cccc5c4sc4ccccc45)n3)ccc2-c2cc3nc(-c4ccccc4)oc3cc21. The average Bonchev–Trinajstić information content (AvgIpc) is 3.81. The summed E-state index contributed by atoms with van der Waals surface area (Å²) in [4.78, 5) is 20.2. The van der Waals surface area contributed by atoms with Gasteiger partial charge in [-0.1, -0.05) is 105 Å². The van der Waals surface area contributed by atoms with Crippen LogP contribution in [-0.2, 0) is 5.41 Å². The number of aromatic nitrogens is 4. The van der Waals surface area contributed by atoms with Gasteiger partial charge in [-0.2, -0.15) is 0 Å². The summed E-state index contributed by atoms with van der Waals surface area (Å²) in [5.74, 6) is 2.62. The lowest BCUT2D eigenvalue weighted by atomic mass is 9.82. The second-order valence-corrected chi connectivity index (χ2v) is 14.1. The first-order valence-corrected chi connectivity index (χ1v) is 17.2. The van der Waals surface area contributed by atoms with Gasteiger partial charge < -0.3 is 4.42 Å². The van der Waals surface area contributed by atoms with Gasteiger partial charge >= 0.3 is 0 Å². The van der Waals surface area contributed by atoms with Gasteiger partial charge in [-0.15, -0.1) is 11.3 Å². The minimum absolute atomic E-state index is 0.268. The number of nitrogens with zero attached hydrogens (tertiary/aromatic N) is 4. The van der Waals surface area contributed by atoms with Crippen molar-refractivity contribution in [3.8, 4) is 56.7 Å². The molecule has 0 saturated heterocycles. The molecule has 0 aliphatic heterocycles. The highest BCUT2D eigenvalue weighted by Gasteiger charge is 2.37. The van der Waals surface area contributed by atoms with Crippen LogP contribution in [0.3, 0.4) is 0 Å². The van der Waals surface area contributed by atoms with Gasteiger partial charge in [0.25, 0.3) is 0 Å². The van der Waals surface area contributed by atoms with Gasteiger partial charge in [0.15, 0.2) is 23.1 Å². The Balaban J connectivity index is 1.13. The van der Waals surface area contributed by atoms with Crippen molar-refractivity contribution < 1.29 is 4.42 Å². The fourth-order valence-electron chi connectivity index (χ4n) is 7.26. The molecule has 3 aromatic heterocycles. The smallest absolute Gasteiger partial charge is 0.227 e. The van der Waals surface area contributed by atoms with Crippen LogP contribution in [0.1, 0.15) is 25.0 Å². The molecule has 10 rings (SSSR count). The Bertz CT molecular complexity index is 2750. The summed E-state index contributed by atoms with van der Waals surface area (Å²) in [6.45, 7) is 4.55. The van der Waals surface area contributed by atoms with Crippen molar-refractivity contribution in [2.24, 2.45) is 0 Å². The molecule has 9 aromatic rings. The highest BCUT2D eigenvalue weighted by Crippen LogP contribution is 2.51. The quantitative estimate of drug-likeness (QED) is 0.190. The predicted octanol–water partition coefficient (Wildman–Crippen LogP) is 11.4. The molecule has 6 aromatic carbocycles. The van der Waals surface area contributed by atoms with Crippen LogP contribution in [0.5, 0.6) is 0 Å². The number of benzene rings is 6. The number of thiophene rings is 1. The zero-order valence-electron chi connectivity index (χ0n) is 26.8. The molecule has 0 radical (unpaired) electrons. The van der Waals surface area contributed by atoms with Gasteiger partial charge in [0, 0.05) is 47.8 Å². The third kappa shape index (κ3) is 4.38. The molecular formula is C43H28N4OS. The van der Waals surface area contributed by atoms with Crippen LogP contribution in [0.25, 0.3) is 88.0 Å². The van der Waals surface area contributed by atoms with E-state index < -0.39 is 0 Å². The molecule has 0 spiro atoms. The molecular weight excluding hydrogens is 621 g/mol. The van der Waals surface area contributed by atoms with Crippen molar-refractivity contribution in [1.29, 1.82) is 0 Å². The maximum atomic E-state index is 6.29. The number of oxazole rings is 1. The third-order valence-electron chi connectivity index (χ3n) is 9.78. The lowest BCUT2D eigenvalue weighted by Gasteiger charge is -2.21. The van der Waals surface area contributed by atoms with Crippen molar-refractivity contribution >= 4 is 42.6 Å². The third-order valence-corrected chi connectivity index (χ3v) is 11.0. The Morgan fingerprint density at radius 2 is 1.18 bits per heavy atom. The lowest BCUT2D eigenvalue weighted by Crippen LogP contribution is -2.15. The Morgan fingerprint density at radius 1 is 0.510 bits per heavy atom. The van der Waals surface area contributed by atoms with Crippen LogP contribution < -0.4 is 0 Å². The Hall–Kier alpha value is -5.98. The first kappa shape index (κ1) is 28.1. The van der Waals surface area contributed by atoms with Gasteiger partial charge in [-0.05, 0) is 64.7 Å². The van der Waals surface area contributed by atoms with E-state index in [0.29, 0.717) is 23.4 Å². The summed E-state index contributed by atoms with van der Waals surface area (Å²) < 4.78 is 8.72. The average molecular weight is 649 g/mol. The minimum atomic E-state index is -0.268. The van der Waals surface area contributed by atoms with E-state index in [2.05, 4.69) is 98.8 Å². The normalized spacial score (nSPS) is 13.3. The van der Waals surface area contributed by atoms with Crippen LogP contribution in [-0.4, -0.2) is 19.9 Å². The van der Waals surface area contributed by atoms with Gasteiger partial charge in [0.2, 0.25) is 5.89 Å².